The zero-order valence-electron chi connectivity index (χ0n) is 13.7. The molecule has 0 spiro atoms. The van der Waals surface area contributed by atoms with Crippen molar-refractivity contribution >= 4 is 11.7 Å². The quantitative estimate of drug-likeness (QED) is 0.352. The topological polar surface area (TPSA) is 60.2 Å². The maximum absolute atomic E-state index is 11.6. The summed E-state index contributed by atoms with van der Waals surface area (Å²) in [4.78, 5) is 22.1. The minimum Gasteiger partial charge on any atom is -0.370 e. The van der Waals surface area contributed by atoms with Gasteiger partial charge in [0, 0.05) is 12.8 Å². The van der Waals surface area contributed by atoms with E-state index in [0.29, 0.717) is 12.8 Å². The number of carbonyl (C=O) groups excluding carboxylic acids is 2. The van der Waals surface area contributed by atoms with Crippen LogP contribution < -0.4 is 5.73 Å². The number of hydrogen-bond acceptors (Lipinski definition) is 2. The molecule has 0 aromatic rings. The molecule has 0 saturated carbocycles. The molecule has 0 rings (SSSR count). The summed E-state index contributed by atoms with van der Waals surface area (Å²) in [7, 11) is 0. The molecule has 0 radical (unpaired) electrons. The third-order valence-electron chi connectivity index (χ3n) is 3.62. The van der Waals surface area contributed by atoms with Crippen molar-refractivity contribution in [2.75, 3.05) is 0 Å². The number of primary amides is 1. The molecule has 0 atom stereocenters. The Labute approximate surface area is 130 Å². The van der Waals surface area contributed by atoms with Gasteiger partial charge >= 0.3 is 0 Å². The Morgan fingerprint density at radius 3 is 2.05 bits per heavy atom. The van der Waals surface area contributed by atoms with Crippen LogP contribution in [0.15, 0.2) is 12.2 Å². The summed E-state index contributed by atoms with van der Waals surface area (Å²) in [6, 6.07) is 0. The number of rotatable bonds is 15. The Bertz CT molecular complexity index is 298. The van der Waals surface area contributed by atoms with Crippen molar-refractivity contribution in [3.63, 3.8) is 0 Å². The summed E-state index contributed by atoms with van der Waals surface area (Å²) in [6.45, 7) is 2.22. The van der Waals surface area contributed by atoms with Crippen LogP contribution in [0.1, 0.15) is 90.4 Å². The first-order valence-corrected chi connectivity index (χ1v) is 8.64. The highest BCUT2D eigenvalue weighted by Crippen LogP contribution is 2.09. The standard InChI is InChI=1S/C18H33NO2/c1-2-3-4-5-6-8-11-14-17(20)15-12-9-7-10-13-16-18(19)21/h12,15H,2-11,13-14,16H2,1H3,(H2,19,21)/b15-12+. The van der Waals surface area contributed by atoms with E-state index in [1.165, 1.54) is 38.5 Å². The number of carbonyl (C=O) groups is 2. The second-order valence-electron chi connectivity index (χ2n) is 5.81. The molecule has 0 aliphatic carbocycles. The normalized spacial score (nSPS) is 11.1. The van der Waals surface area contributed by atoms with Gasteiger partial charge in [-0.1, -0.05) is 57.9 Å². The van der Waals surface area contributed by atoms with Crippen molar-refractivity contribution in [1.82, 2.24) is 0 Å². The summed E-state index contributed by atoms with van der Waals surface area (Å²) in [6.07, 6.45) is 17.4. The lowest BCUT2D eigenvalue weighted by atomic mass is 10.1. The van der Waals surface area contributed by atoms with Crippen LogP contribution in [0.25, 0.3) is 0 Å². The molecular weight excluding hydrogens is 262 g/mol. The van der Waals surface area contributed by atoms with Gasteiger partial charge in [-0.25, -0.2) is 0 Å². The summed E-state index contributed by atoms with van der Waals surface area (Å²) in [5.74, 6) is 0.0242. The van der Waals surface area contributed by atoms with Gasteiger partial charge < -0.3 is 5.73 Å². The predicted molar refractivity (Wildman–Crippen MR) is 89.0 cm³/mol. The summed E-state index contributed by atoms with van der Waals surface area (Å²) in [5.41, 5.74) is 5.07. The van der Waals surface area contributed by atoms with E-state index < -0.39 is 0 Å². The molecule has 2 N–H and O–H groups in total. The Kier molecular flexibility index (Phi) is 14.5. The van der Waals surface area contributed by atoms with Crippen molar-refractivity contribution in [1.29, 1.82) is 0 Å². The summed E-state index contributed by atoms with van der Waals surface area (Å²) < 4.78 is 0. The van der Waals surface area contributed by atoms with Crippen LogP contribution in [0.2, 0.25) is 0 Å². The van der Waals surface area contributed by atoms with E-state index in [1.54, 1.807) is 6.08 Å². The lowest BCUT2D eigenvalue weighted by Gasteiger charge is -1.99. The van der Waals surface area contributed by atoms with Crippen LogP contribution in [-0.4, -0.2) is 11.7 Å². The fraction of sp³-hybridized carbons (Fsp3) is 0.778. The number of nitrogens with two attached hydrogens (primary N) is 1. The van der Waals surface area contributed by atoms with Crippen LogP contribution in [0, 0.1) is 0 Å². The van der Waals surface area contributed by atoms with Gasteiger partial charge in [-0.05, 0) is 31.8 Å². The first-order chi connectivity index (χ1) is 10.2. The third-order valence-corrected chi connectivity index (χ3v) is 3.62. The Hall–Kier alpha value is -1.12. The number of amides is 1. The van der Waals surface area contributed by atoms with Crippen molar-refractivity contribution in [2.45, 2.75) is 90.4 Å². The van der Waals surface area contributed by atoms with Gasteiger partial charge in [-0.3, -0.25) is 9.59 Å². The average molecular weight is 295 g/mol. The first kappa shape index (κ1) is 19.9. The minimum absolute atomic E-state index is 0.226. The molecule has 3 heteroatoms. The summed E-state index contributed by atoms with van der Waals surface area (Å²) >= 11 is 0. The lowest BCUT2D eigenvalue weighted by Crippen LogP contribution is -2.09. The number of ketones is 1. The zero-order valence-corrected chi connectivity index (χ0v) is 13.7. The lowest BCUT2D eigenvalue weighted by molar-refractivity contribution is -0.118. The second-order valence-corrected chi connectivity index (χ2v) is 5.81. The van der Waals surface area contributed by atoms with Crippen LogP contribution in [0.5, 0.6) is 0 Å². The smallest absolute Gasteiger partial charge is 0.217 e. The Morgan fingerprint density at radius 2 is 1.38 bits per heavy atom. The van der Waals surface area contributed by atoms with E-state index in [0.717, 1.165) is 32.1 Å². The molecule has 0 bridgehead atoms. The molecule has 0 heterocycles. The molecular formula is C18H33NO2. The van der Waals surface area contributed by atoms with Gasteiger partial charge in [0.2, 0.25) is 5.91 Å². The van der Waals surface area contributed by atoms with Crippen molar-refractivity contribution in [3.8, 4) is 0 Å². The Morgan fingerprint density at radius 1 is 0.810 bits per heavy atom. The van der Waals surface area contributed by atoms with Gasteiger partial charge in [-0.2, -0.15) is 0 Å². The van der Waals surface area contributed by atoms with Gasteiger partial charge in [0.15, 0.2) is 5.78 Å². The van der Waals surface area contributed by atoms with Crippen LogP contribution in [0.3, 0.4) is 0 Å². The zero-order chi connectivity index (χ0) is 15.8. The van der Waals surface area contributed by atoms with Crippen molar-refractivity contribution in [3.05, 3.63) is 12.2 Å². The molecule has 0 aliphatic rings. The van der Waals surface area contributed by atoms with Gasteiger partial charge in [-0.15, -0.1) is 0 Å². The molecule has 122 valence electrons. The molecule has 0 fully saturated rings. The molecule has 21 heavy (non-hydrogen) atoms. The molecule has 1 amide bonds. The van der Waals surface area contributed by atoms with E-state index in [-0.39, 0.29) is 11.7 Å². The highest BCUT2D eigenvalue weighted by Gasteiger charge is 1.97. The van der Waals surface area contributed by atoms with E-state index in [9.17, 15) is 9.59 Å². The monoisotopic (exact) mass is 295 g/mol. The third kappa shape index (κ3) is 16.8. The number of hydrogen-bond donors (Lipinski definition) is 1. The largest absolute Gasteiger partial charge is 0.370 e. The SMILES string of the molecule is CCCCCCCCCC(=O)/C=C/CCCCCC(N)=O. The highest BCUT2D eigenvalue weighted by atomic mass is 16.1. The average Bonchev–Trinajstić information content (AvgIpc) is 2.45. The van der Waals surface area contributed by atoms with E-state index in [2.05, 4.69) is 6.92 Å². The van der Waals surface area contributed by atoms with Crippen molar-refractivity contribution in [2.24, 2.45) is 5.73 Å². The highest BCUT2D eigenvalue weighted by molar-refractivity contribution is 5.89. The molecule has 3 nitrogen and oxygen atoms in total. The van der Waals surface area contributed by atoms with Gasteiger partial charge in [0.1, 0.15) is 0 Å². The van der Waals surface area contributed by atoms with Crippen molar-refractivity contribution < 1.29 is 9.59 Å². The van der Waals surface area contributed by atoms with E-state index in [4.69, 9.17) is 5.73 Å². The molecule has 0 aromatic heterocycles. The Balaban J connectivity index is 3.32. The predicted octanol–water partition coefficient (Wildman–Crippen LogP) is 4.69. The summed E-state index contributed by atoms with van der Waals surface area (Å²) in [5, 5.41) is 0. The van der Waals surface area contributed by atoms with E-state index >= 15 is 0 Å². The maximum Gasteiger partial charge on any atom is 0.217 e. The van der Waals surface area contributed by atoms with Crippen LogP contribution in [0.4, 0.5) is 0 Å². The van der Waals surface area contributed by atoms with Crippen LogP contribution in [-0.2, 0) is 9.59 Å². The van der Waals surface area contributed by atoms with Crippen LogP contribution >= 0.6 is 0 Å². The number of allylic oxidation sites excluding steroid dienone is 2. The van der Waals surface area contributed by atoms with E-state index in [1.807, 2.05) is 6.08 Å². The van der Waals surface area contributed by atoms with Gasteiger partial charge in [0.25, 0.3) is 0 Å². The molecule has 0 aromatic carbocycles. The maximum atomic E-state index is 11.6. The molecule has 0 unspecified atom stereocenters. The van der Waals surface area contributed by atoms with Gasteiger partial charge in [0.05, 0.1) is 0 Å². The minimum atomic E-state index is -0.226. The fourth-order valence-corrected chi connectivity index (χ4v) is 2.29. The molecule has 0 aliphatic heterocycles. The second kappa shape index (κ2) is 15.3. The number of unbranched alkanes of at least 4 members (excludes halogenated alkanes) is 9. The first-order valence-electron chi connectivity index (χ1n) is 8.64. The fourth-order valence-electron chi connectivity index (χ4n) is 2.29. The molecule has 0 saturated heterocycles.